The molecule has 114 valence electrons. The predicted octanol–water partition coefficient (Wildman–Crippen LogP) is 5.02. The average Bonchev–Trinajstić information content (AvgIpc) is 2.99. The first-order valence-electron chi connectivity index (χ1n) is 7.69. The van der Waals surface area contributed by atoms with Crippen molar-refractivity contribution < 1.29 is 4.74 Å². The van der Waals surface area contributed by atoms with E-state index >= 15 is 0 Å². The molecule has 1 heterocycles. The smallest absolute Gasteiger partial charge is 0.119 e. The molecule has 2 nitrogen and oxygen atoms in total. The Hall–Kier alpha value is -1.32. The van der Waals surface area contributed by atoms with Gasteiger partial charge in [0.25, 0.3) is 0 Å². The van der Waals surface area contributed by atoms with E-state index in [9.17, 15) is 0 Å². The van der Waals surface area contributed by atoms with Gasteiger partial charge < -0.3 is 10.1 Å². The van der Waals surface area contributed by atoms with E-state index in [2.05, 4.69) is 61.8 Å². The number of benzene rings is 1. The fourth-order valence-electron chi connectivity index (χ4n) is 2.33. The van der Waals surface area contributed by atoms with Crippen LogP contribution in [-0.2, 0) is 6.54 Å². The zero-order chi connectivity index (χ0) is 15.1. The standard InChI is InChI=1S/C18H25NOS/c1-4-10-20-16-8-5-7-15(12-16)13-19-18(14(2)3)17-9-6-11-21-17/h5-9,11-12,14,18-19H,4,10,13H2,1-3H3. The molecule has 0 radical (unpaired) electrons. The molecule has 1 N–H and O–H groups in total. The monoisotopic (exact) mass is 303 g/mol. The Morgan fingerprint density at radius 3 is 2.71 bits per heavy atom. The molecule has 3 heteroatoms. The Labute approximate surface area is 132 Å². The normalized spacial score (nSPS) is 12.6. The lowest BCUT2D eigenvalue weighted by molar-refractivity contribution is 0.317. The van der Waals surface area contributed by atoms with Crippen LogP contribution in [0.5, 0.6) is 5.75 Å². The summed E-state index contributed by atoms with van der Waals surface area (Å²) in [6.45, 7) is 8.29. The molecule has 0 aliphatic rings. The van der Waals surface area contributed by atoms with E-state index in [0.717, 1.165) is 25.3 Å². The number of rotatable bonds is 8. The van der Waals surface area contributed by atoms with Gasteiger partial charge in [-0.3, -0.25) is 0 Å². The van der Waals surface area contributed by atoms with Crippen LogP contribution >= 0.6 is 11.3 Å². The van der Waals surface area contributed by atoms with Crippen LogP contribution in [0, 0.1) is 5.92 Å². The van der Waals surface area contributed by atoms with Gasteiger partial charge in [0.05, 0.1) is 6.61 Å². The Bertz CT molecular complexity index is 522. The van der Waals surface area contributed by atoms with Gasteiger partial charge in [0.2, 0.25) is 0 Å². The maximum atomic E-state index is 5.70. The van der Waals surface area contributed by atoms with Crippen LogP contribution in [0.3, 0.4) is 0 Å². The second kappa shape index (κ2) is 8.20. The zero-order valence-corrected chi connectivity index (χ0v) is 14.0. The van der Waals surface area contributed by atoms with E-state index in [1.807, 2.05) is 17.4 Å². The van der Waals surface area contributed by atoms with Crippen molar-refractivity contribution in [1.29, 1.82) is 0 Å². The fraction of sp³-hybridized carbons (Fsp3) is 0.444. The fourth-order valence-corrected chi connectivity index (χ4v) is 3.30. The van der Waals surface area contributed by atoms with Crippen molar-refractivity contribution in [2.45, 2.75) is 39.8 Å². The van der Waals surface area contributed by atoms with Gasteiger partial charge in [-0.15, -0.1) is 11.3 Å². The van der Waals surface area contributed by atoms with E-state index in [4.69, 9.17) is 4.74 Å². The SMILES string of the molecule is CCCOc1cccc(CNC(c2cccs2)C(C)C)c1. The topological polar surface area (TPSA) is 21.3 Å². The first-order chi connectivity index (χ1) is 10.2. The summed E-state index contributed by atoms with van der Waals surface area (Å²) in [5, 5.41) is 5.82. The van der Waals surface area contributed by atoms with Crippen LogP contribution in [0.15, 0.2) is 41.8 Å². The molecule has 2 rings (SSSR count). The van der Waals surface area contributed by atoms with Crippen LogP contribution in [0.1, 0.15) is 43.7 Å². The highest BCUT2D eigenvalue weighted by molar-refractivity contribution is 7.10. The van der Waals surface area contributed by atoms with Gasteiger partial charge in [0.15, 0.2) is 0 Å². The third-order valence-electron chi connectivity index (χ3n) is 3.41. The first kappa shape index (κ1) is 16.1. The van der Waals surface area contributed by atoms with E-state index in [1.165, 1.54) is 10.4 Å². The van der Waals surface area contributed by atoms with Gasteiger partial charge >= 0.3 is 0 Å². The molecule has 0 saturated carbocycles. The van der Waals surface area contributed by atoms with Gasteiger partial charge in [0.1, 0.15) is 5.75 Å². The van der Waals surface area contributed by atoms with Crippen LogP contribution in [0.4, 0.5) is 0 Å². The lowest BCUT2D eigenvalue weighted by Crippen LogP contribution is -2.24. The minimum atomic E-state index is 0.408. The molecule has 1 aromatic heterocycles. The van der Waals surface area contributed by atoms with Crippen LogP contribution in [0.2, 0.25) is 0 Å². The molecular weight excluding hydrogens is 278 g/mol. The Morgan fingerprint density at radius 1 is 1.19 bits per heavy atom. The second-order valence-corrected chi connectivity index (χ2v) is 6.59. The van der Waals surface area contributed by atoms with Gasteiger partial charge in [-0.2, -0.15) is 0 Å². The molecule has 0 saturated heterocycles. The van der Waals surface area contributed by atoms with Crippen LogP contribution < -0.4 is 10.1 Å². The third-order valence-corrected chi connectivity index (χ3v) is 4.37. The minimum Gasteiger partial charge on any atom is -0.494 e. The quantitative estimate of drug-likeness (QED) is 0.739. The van der Waals surface area contributed by atoms with Crippen molar-refractivity contribution in [3.8, 4) is 5.75 Å². The van der Waals surface area contributed by atoms with Gasteiger partial charge in [-0.1, -0.05) is 39.0 Å². The molecule has 0 bridgehead atoms. The van der Waals surface area contributed by atoms with Crippen LogP contribution in [-0.4, -0.2) is 6.61 Å². The number of hydrogen-bond acceptors (Lipinski definition) is 3. The molecule has 0 aliphatic heterocycles. The summed E-state index contributed by atoms with van der Waals surface area (Å²) in [7, 11) is 0. The maximum Gasteiger partial charge on any atom is 0.119 e. The summed E-state index contributed by atoms with van der Waals surface area (Å²) in [6, 6.07) is 13.1. The summed E-state index contributed by atoms with van der Waals surface area (Å²) in [5.74, 6) is 1.54. The minimum absolute atomic E-state index is 0.408. The highest BCUT2D eigenvalue weighted by Gasteiger charge is 2.16. The van der Waals surface area contributed by atoms with E-state index in [-0.39, 0.29) is 0 Å². The lowest BCUT2D eigenvalue weighted by Gasteiger charge is -2.21. The van der Waals surface area contributed by atoms with E-state index in [0.29, 0.717) is 12.0 Å². The summed E-state index contributed by atoms with van der Waals surface area (Å²) in [6.07, 6.45) is 1.04. The molecule has 1 aromatic carbocycles. The lowest BCUT2D eigenvalue weighted by atomic mass is 10.0. The van der Waals surface area contributed by atoms with Crippen molar-refractivity contribution in [3.63, 3.8) is 0 Å². The maximum absolute atomic E-state index is 5.70. The Morgan fingerprint density at radius 2 is 2.05 bits per heavy atom. The van der Waals surface area contributed by atoms with E-state index in [1.54, 1.807) is 0 Å². The molecule has 1 unspecified atom stereocenters. The van der Waals surface area contributed by atoms with Crippen molar-refractivity contribution in [2.75, 3.05) is 6.61 Å². The molecule has 2 aromatic rings. The summed E-state index contributed by atoms with van der Waals surface area (Å²) in [5.41, 5.74) is 1.27. The molecule has 0 amide bonds. The van der Waals surface area contributed by atoms with Crippen molar-refractivity contribution in [3.05, 3.63) is 52.2 Å². The molecule has 0 aliphatic carbocycles. The average molecular weight is 303 g/mol. The van der Waals surface area contributed by atoms with Crippen molar-refractivity contribution >= 4 is 11.3 Å². The van der Waals surface area contributed by atoms with Gasteiger partial charge in [-0.25, -0.2) is 0 Å². The molecule has 0 fully saturated rings. The number of nitrogens with one attached hydrogen (secondary N) is 1. The molecule has 1 atom stereocenters. The van der Waals surface area contributed by atoms with Crippen molar-refractivity contribution in [2.24, 2.45) is 5.92 Å². The summed E-state index contributed by atoms with van der Waals surface area (Å²) in [4.78, 5) is 1.41. The van der Waals surface area contributed by atoms with Gasteiger partial charge in [-0.05, 0) is 41.5 Å². The predicted molar refractivity (Wildman–Crippen MR) is 91.0 cm³/mol. The van der Waals surface area contributed by atoms with Crippen LogP contribution in [0.25, 0.3) is 0 Å². The number of hydrogen-bond donors (Lipinski definition) is 1. The molecule has 0 spiro atoms. The number of thiophene rings is 1. The zero-order valence-electron chi connectivity index (χ0n) is 13.1. The first-order valence-corrected chi connectivity index (χ1v) is 8.57. The number of ether oxygens (including phenoxy) is 1. The molecule has 21 heavy (non-hydrogen) atoms. The highest BCUT2D eigenvalue weighted by atomic mass is 32.1. The highest BCUT2D eigenvalue weighted by Crippen LogP contribution is 2.26. The Balaban J connectivity index is 1.97. The molecular formula is C18H25NOS. The van der Waals surface area contributed by atoms with Gasteiger partial charge in [0, 0.05) is 17.5 Å². The summed E-state index contributed by atoms with van der Waals surface area (Å²) < 4.78 is 5.70. The largest absolute Gasteiger partial charge is 0.494 e. The summed E-state index contributed by atoms with van der Waals surface area (Å²) >= 11 is 1.82. The Kier molecular flexibility index (Phi) is 6.27. The van der Waals surface area contributed by atoms with E-state index < -0.39 is 0 Å². The van der Waals surface area contributed by atoms with Crippen molar-refractivity contribution in [1.82, 2.24) is 5.32 Å². The third kappa shape index (κ3) is 4.87. The second-order valence-electron chi connectivity index (χ2n) is 5.61.